The van der Waals surface area contributed by atoms with Gasteiger partial charge in [-0.2, -0.15) is 0 Å². The second-order valence-electron chi connectivity index (χ2n) is 4.92. The predicted octanol–water partition coefficient (Wildman–Crippen LogP) is 1.51. The lowest BCUT2D eigenvalue weighted by Crippen LogP contribution is -2.31. The normalized spacial score (nSPS) is 16.5. The average molecular weight is 247 g/mol. The molecule has 4 heteroatoms. The summed E-state index contributed by atoms with van der Waals surface area (Å²) >= 11 is 0. The van der Waals surface area contributed by atoms with Crippen LogP contribution < -0.4 is 16.4 Å². The van der Waals surface area contributed by atoms with Gasteiger partial charge in [-0.1, -0.05) is 6.07 Å². The number of carbonyl (C=O) groups excluding carboxylic acids is 1. The van der Waals surface area contributed by atoms with E-state index in [0.29, 0.717) is 11.5 Å². The van der Waals surface area contributed by atoms with Crippen LogP contribution in [0.4, 0.5) is 5.69 Å². The third-order valence-corrected chi connectivity index (χ3v) is 3.64. The summed E-state index contributed by atoms with van der Waals surface area (Å²) in [6.07, 6.45) is 2.42. The second-order valence-corrected chi connectivity index (χ2v) is 4.92. The topological polar surface area (TPSA) is 67.2 Å². The van der Waals surface area contributed by atoms with Gasteiger partial charge in [-0.05, 0) is 56.5 Å². The van der Waals surface area contributed by atoms with E-state index in [4.69, 9.17) is 5.73 Å². The third-order valence-electron chi connectivity index (χ3n) is 3.64. The van der Waals surface area contributed by atoms with Gasteiger partial charge in [-0.25, -0.2) is 0 Å². The molecule has 4 nitrogen and oxygen atoms in total. The molecule has 0 spiro atoms. The molecular formula is C14H21N3O. The number of nitrogens with one attached hydrogen (secondary N) is 2. The molecule has 2 rings (SSSR count). The van der Waals surface area contributed by atoms with Crippen molar-refractivity contribution in [3.63, 3.8) is 0 Å². The van der Waals surface area contributed by atoms with Gasteiger partial charge in [0.25, 0.3) is 0 Å². The summed E-state index contributed by atoms with van der Waals surface area (Å²) in [7, 11) is 0. The van der Waals surface area contributed by atoms with Crippen LogP contribution in [-0.2, 0) is 0 Å². The van der Waals surface area contributed by atoms with Crippen LogP contribution in [0, 0.1) is 12.8 Å². The zero-order chi connectivity index (χ0) is 13.0. The number of hydrogen-bond acceptors (Lipinski definition) is 3. The molecule has 0 bridgehead atoms. The maximum absolute atomic E-state index is 11.3. The Kier molecular flexibility index (Phi) is 4.20. The maximum atomic E-state index is 11.3. The highest BCUT2D eigenvalue weighted by Crippen LogP contribution is 2.20. The molecule has 98 valence electrons. The van der Waals surface area contributed by atoms with Gasteiger partial charge in [-0.15, -0.1) is 0 Å². The van der Waals surface area contributed by atoms with Gasteiger partial charge in [0.1, 0.15) is 0 Å². The van der Waals surface area contributed by atoms with Crippen LogP contribution in [0.1, 0.15) is 28.8 Å². The van der Waals surface area contributed by atoms with Crippen molar-refractivity contribution in [3.8, 4) is 0 Å². The number of rotatable bonds is 4. The van der Waals surface area contributed by atoms with E-state index in [1.54, 1.807) is 6.07 Å². The highest BCUT2D eigenvalue weighted by Gasteiger charge is 2.14. The molecule has 18 heavy (non-hydrogen) atoms. The summed E-state index contributed by atoms with van der Waals surface area (Å²) in [6, 6.07) is 5.65. The van der Waals surface area contributed by atoms with E-state index >= 15 is 0 Å². The van der Waals surface area contributed by atoms with Crippen molar-refractivity contribution in [2.75, 3.05) is 25.0 Å². The fraction of sp³-hybridized carbons (Fsp3) is 0.500. The first-order chi connectivity index (χ1) is 8.68. The summed E-state index contributed by atoms with van der Waals surface area (Å²) in [5.74, 6) is 0.348. The molecule has 1 aliphatic heterocycles. The Balaban J connectivity index is 2.00. The van der Waals surface area contributed by atoms with E-state index < -0.39 is 0 Å². The number of hydrogen-bond donors (Lipinski definition) is 3. The molecule has 1 heterocycles. The largest absolute Gasteiger partial charge is 0.385 e. The highest BCUT2D eigenvalue weighted by atomic mass is 16.1. The molecule has 0 radical (unpaired) electrons. The monoisotopic (exact) mass is 247 g/mol. The van der Waals surface area contributed by atoms with Crippen LogP contribution in [0.5, 0.6) is 0 Å². The summed E-state index contributed by atoms with van der Waals surface area (Å²) < 4.78 is 0. The molecule has 0 atom stereocenters. The van der Waals surface area contributed by atoms with Crippen LogP contribution in [0.25, 0.3) is 0 Å². The first-order valence-corrected chi connectivity index (χ1v) is 6.52. The van der Waals surface area contributed by atoms with Gasteiger partial charge in [0, 0.05) is 17.8 Å². The summed E-state index contributed by atoms with van der Waals surface area (Å²) in [5, 5.41) is 6.80. The summed E-state index contributed by atoms with van der Waals surface area (Å²) in [5.41, 5.74) is 7.91. The summed E-state index contributed by atoms with van der Waals surface area (Å²) in [6.45, 7) is 5.11. The van der Waals surface area contributed by atoms with Crippen molar-refractivity contribution >= 4 is 11.6 Å². The van der Waals surface area contributed by atoms with Crippen LogP contribution in [-0.4, -0.2) is 25.5 Å². The minimum atomic E-state index is -0.363. The van der Waals surface area contributed by atoms with E-state index in [0.717, 1.165) is 30.9 Å². The van der Waals surface area contributed by atoms with Crippen LogP contribution in [0.3, 0.4) is 0 Å². The number of nitrogens with two attached hydrogens (primary N) is 1. The maximum Gasteiger partial charge on any atom is 0.249 e. The Hall–Kier alpha value is -1.55. The molecule has 1 aromatic rings. The number of benzene rings is 1. The fourth-order valence-corrected chi connectivity index (χ4v) is 2.43. The quantitative estimate of drug-likeness (QED) is 0.755. The van der Waals surface area contributed by atoms with Crippen molar-refractivity contribution in [2.45, 2.75) is 19.8 Å². The van der Waals surface area contributed by atoms with Gasteiger partial charge in [0.15, 0.2) is 0 Å². The van der Waals surface area contributed by atoms with Crippen molar-refractivity contribution in [1.29, 1.82) is 0 Å². The lowest BCUT2D eigenvalue weighted by Gasteiger charge is -2.23. The first-order valence-electron chi connectivity index (χ1n) is 6.52. The number of amides is 1. The molecule has 1 amide bonds. The Morgan fingerprint density at radius 3 is 2.83 bits per heavy atom. The fourth-order valence-electron chi connectivity index (χ4n) is 2.43. The molecule has 0 aliphatic carbocycles. The predicted molar refractivity (Wildman–Crippen MR) is 73.8 cm³/mol. The molecule has 0 unspecified atom stereocenters. The number of primary amides is 1. The van der Waals surface area contributed by atoms with Gasteiger partial charge in [0.2, 0.25) is 5.91 Å². The highest BCUT2D eigenvalue weighted by molar-refractivity contribution is 5.95. The second kappa shape index (κ2) is 5.87. The standard InChI is InChI=1S/C14H21N3O/c1-10-12(14(15)18)3-2-4-13(10)17-9-11-5-7-16-8-6-11/h2-4,11,16-17H,5-9H2,1H3,(H2,15,18). The van der Waals surface area contributed by atoms with E-state index in [1.165, 1.54) is 12.8 Å². The van der Waals surface area contributed by atoms with E-state index in [1.807, 2.05) is 19.1 Å². The van der Waals surface area contributed by atoms with Gasteiger partial charge in [-0.3, -0.25) is 4.79 Å². The molecule has 1 saturated heterocycles. The van der Waals surface area contributed by atoms with Crippen molar-refractivity contribution in [1.82, 2.24) is 5.32 Å². The third kappa shape index (κ3) is 3.01. The molecule has 1 aromatic carbocycles. The number of carbonyl (C=O) groups is 1. The van der Waals surface area contributed by atoms with Crippen LogP contribution >= 0.6 is 0 Å². The SMILES string of the molecule is Cc1c(NCC2CCNCC2)cccc1C(N)=O. The zero-order valence-corrected chi connectivity index (χ0v) is 10.8. The van der Waals surface area contributed by atoms with Gasteiger partial charge in [0.05, 0.1) is 0 Å². The van der Waals surface area contributed by atoms with Crippen molar-refractivity contribution in [3.05, 3.63) is 29.3 Å². The molecule has 4 N–H and O–H groups in total. The number of piperidine rings is 1. The van der Waals surface area contributed by atoms with Crippen LogP contribution in [0.2, 0.25) is 0 Å². The minimum Gasteiger partial charge on any atom is -0.385 e. The summed E-state index contributed by atoms with van der Waals surface area (Å²) in [4.78, 5) is 11.3. The van der Waals surface area contributed by atoms with E-state index in [9.17, 15) is 4.79 Å². The molecule has 1 aliphatic rings. The van der Waals surface area contributed by atoms with Gasteiger partial charge < -0.3 is 16.4 Å². The van der Waals surface area contributed by atoms with Crippen LogP contribution in [0.15, 0.2) is 18.2 Å². The van der Waals surface area contributed by atoms with Crippen molar-refractivity contribution in [2.24, 2.45) is 11.7 Å². The first kappa shape index (κ1) is 12.9. The van der Waals surface area contributed by atoms with Gasteiger partial charge >= 0.3 is 0 Å². The number of anilines is 1. The lowest BCUT2D eigenvalue weighted by molar-refractivity contribution is 0.1000. The Morgan fingerprint density at radius 2 is 2.17 bits per heavy atom. The average Bonchev–Trinajstić information content (AvgIpc) is 2.38. The lowest BCUT2D eigenvalue weighted by atomic mass is 9.97. The smallest absolute Gasteiger partial charge is 0.249 e. The van der Waals surface area contributed by atoms with E-state index in [-0.39, 0.29) is 5.91 Å². The minimum absolute atomic E-state index is 0.363. The molecule has 0 aromatic heterocycles. The Morgan fingerprint density at radius 1 is 1.44 bits per heavy atom. The van der Waals surface area contributed by atoms with Crippen molar-refractivity contribution < 1.29 is 4.79 Å². The molecule has 0 saturated carbocycles. The Bertz CT molecular complexity index is 425. The molecular weight excluding hydrogens is 226 g/mol. The van der Waals surface area contributed by atoms with E-state index in [2.05, 4.69) is 10.6 Å². The Labute approximate surface area is 108 Å². The molecule has 1 fully saturated rings. The zero-order valence-electron chi connectivity index (χ0n) is 10.8.